The highest BCUT2D eigenvalue weighted by Gasteiger charge is 2.41. The van der Waals surface area contributed by atoms with E-state index in [1.54, 1.807) is 0 Å². The smallest absolute Gasteiger partial charge is 0.429 e. The minimum atomic E-state index is -5.19. The van der Waals surface area contributed by atoms with Crippen LogP contribution in [0.1, 0.15) is 37.2 Å². The predicted octanol–water partition coefficient (Wildman–Crippen LogP) is 9.97. The van der Waals surface area contributed by atoms with E-state index in [2.05, 4.69) is 9.47 Å². The van der Waals surface area contributed by atoms with Crippen LogP contribution in [0.3, 0.4) is 0 Å². The molecule has 5 rings (SSSR count). The predicted molar refractivity (Wildman–Crippen MR) is 154 cm³/mol. The zero-order chi connectivity index (χ0) is 35.5. The van der Waals surface area contributed by atoms with Gasteiger partial charge >= 0.3 is 12.5 Å². The molecule has 0 bridgehead atoms. The number of alkyl halides is 5. The molecule has 0 unspecified atom stereocenters. The maximum Gasteiger partial charge on any atom is 0.573 e. The van der Waals surface area contributed by atoms with Gasteiger partial charge in [0, 0.05) is 29.4 Å². The third-order valence-electron chi connectivity index (χ3n) is 7.28. The summed E-state index contributed by atoms with van der Waals surface area (Å²) in [6, 6.07) is 8.55. The Balaban J connectivity index is 1.29. The van der Waals surface area contributed by atoms with Gasteiger partial charge in [-0.1, -0.05) is 31.5 Å². The summed E-state index contributed by atoms with van der Waals surface area (Å²) < 4.78 is 166. The molecule has 49 heavy (non-hydrogen) atoms. The topological polar surface area (TPSA) is 46.2 Å². The van der Waals surface area contributed by atoms with Crippen molar-refractivity contribution in [3.05, 3.63) is 107 Å². The van der Waals surface area contributed by atoms with Crippen molar-refractivity contribution in [3.63, 3.8) is 0 Å². The lowest BCUT2D eigenvalue weighted by Gasteiger charge is -2.29. The zero-order valence-electron chi connectivity index (χ0n) is 25.4. The molecule has 0 aromatic heterocycles. The van der Waals surface area contributed by atoms with Gasteiger partial charge in [-0.05, 0) is 60.0 Å². The van der Waals surface area contributed by atoms with Crippen LogP contribution < -0.4 is 9.47 Å². The molecule has 0 spiro atoms. The monoisotopic (exact) mass is 704 g/mol. The number of unbranched alkanes of at least 4 members (excludes halogenated alkanes) is 1. The lowest BCUT2D eigenvalue weighted by Crippen LogP contribution is -2.33. The van der Waals surface area contributed by atoms with Crippen LogP contribution in [0.15, 0.2) is 66.7 Å². The Bertz CT molecular complexity index is 1770. The SMILES string of the molecule is CCCCOC1COC(c2ccc(-c3cc(F)c(C(F)(F)Oc4ccc(-c5ccc(OC(F)(F)F)c(F)c5)c(F)c4)c(F)c3)c(F)c2)OC1. The van der Waals surface area contributed by atoms with E-state index in [1.807, 2.05) is 6.92 Å². The maximum absolute atomic E-state index is 15.1. The van der Waals surface area contributed by atoms with Crippen molar-refractivity contribution in [2.24, 2.45) is 0 Å². The first-order chi connectivity index (χ1) is 23.1. The van der Waals surface area contributed by atoms with E-state index in [0.717, 1.165) is 37.1 Å². The summed E-state index contributed by atoms with van der Waals surface area (Å²) in [6.45, 7) is 2.94. The number of hydrogen-bond donors (Lipinski definition) is 0. The molecule has 1 aliphatic rings. The molecule has 1 saturated heterocycles. The van der Waals surface area contributed by atoms with Crippen LogP contribution in [0.25, 0.3) is 22.3 Å². The van der Waals surface area contributed by atoms with E-state index in [-0.39, 0.29) is 36.0 Å². The number of benzene rings is 4. The number of rotatable bonds is 11. The third kappa shape index (κ3) is 8.64. The summed E-state index contributed by atoms with van der Waals surface area (Å²) in [6.07, 6.45) is -9.30. The van der Waals surface area contributed by atoms with Gasteiger partial charge in [0.05, 0.1) is 13.2 Å². The van der Waals surface area contributed by atoms with Crippen molar-refractivity contribution < 1.29 is 67.6 Å². The Kier molecular flexibility index (Phi) is 10.7. The van der Waals surface area contributed by atoms with Crippen LogP contribution in [-0.4, -0.2) is 32.3 Å². The van der Waals surface area contributed by atoms with Crippen LogP contribution in [-0.2, 0) is 20.3 Å². The first kappa shape index (κ1) is 36.0. The van der Waals surface area contributed by atoms with Crippen molar-refractivity contribution in [2.75, 3.05) is 19.8 Å². The second kappa shape index (κ2) is 14.6. The van der Waals surface area contributed by atoms with Crippen molar-refractivity contribution in [3.8, 4) is 33.8 Å². The second-order valence-corrected chi connectivity index (χ2v) is 10.9. The summed E-state index contributed by atoms with van der Waals surface area (Å²) in [4.78, 5) is 0. The van der Waals surface area contributed by atoms with E-state index in [4.69, 9.17) is 14.2 Å². The number of ether oxygens (including phenoxy) is 5. The molecule has 15 heteroatoms. The number of hydrogen-bond acceptors (Lipinski definition) is 5. The summed E-state index contributed by atoms with van der Waals surface area (Å²) in [7, 11) is 0. The molecule has 0 radical (unpaired) electrons. The summed E-state index contributed by atoms with van der Waals surface area (Å²) in [5.74, 6) is -9.40. The van der Waals surface area contributed by atoms with E-state index >= 15 is 22.0 Å². The molecule has 4 aromatic carbocycles. The van der Waals surface area contributed by atoms with Gasteiger partial charge in [-0.2, -0.15) is 8.78 Å². The molecule has 0 saturated carbocycles. The molecular weight excluding hydrogens is 678 g/mol. The van der Waals surface area contributed by atoms with Crippen LogP contribution in [0.4, 0.5) is 43.9 Å². The highest BCUT2D eigenvalue weighted by molar-refractivity contribution is 5.67. The van der Waals surface area contributed by atoms with Gasteiger partial charge in [-0.25, -0.2) is 22.0 Å². The van der Waals surface area contributed by atoms with Gasteiger partial charge < -0.3 is 23.7 Å². The first-order valence-electron chi connectivity index (χ1n) is 14.7. The Morgan fingerprint density at radius 3 is 1.88 bits per heavy atom. The van der Waals surface area contributed by atoms with Crippen LogP contribution in [0.2, 0.25) is 0 Å². The lowest BCUT2D eigenvalue weighted by atomic mass is 10.00. The largest absolute Gasteiger partial charge is 0.573 e. The Hall–Kier alpha value is -4.34. The van der Waals surface area contributed by atoms with E-state index in [1.165, 1.54) is 12.1 Å². The maximum atomic E-state index is 15.1. The highest BCUT2D eigenvalue weighted by Crippen LogP contribution is 2.39. The summed E-state index contributed by atoms with van der Waals surface area (Å²) in [5, 5.41) is 0. The minimum Gasteiger partial charge on any atom is -0.429 e. The van der Waals surface area contributed by atoms with Gasteiger partial charge in [-0.15, -0.1) is 13.2 Å². The fourth-order valence-electron chi connectivity index (χ4n) is 4.96. The second-order valence-electron chi connectivity index (χ2n) is 10.9. The minimum absolute atomic E-state index is 0.195. The molecule has 0 N–H and O–H groups in total. The Labute approximate surface area is 272 Å². The van der Waals surface area contributed by atoms with Crippen molar-refractivity contribution in [1.29, 1.82) is 0 Å². The molecule has 1 fully saturated rings. The van der Waals surface area contributed by atoms with Crippen molar-refractivity contribution in [2.45, 2.75) is 44.6 Å². The third-order valence-corrected chi connectivity index (χ3v) is 7.28. The van der Waals surface area contributed by atoms with Gasteiger partial charge in [0.1, 0.15) is 40.7 Å². The fourth-order valence-corrected chi connectivity index (χ4v) is 4.96. The van der Waals surface area contributed by atoms with Crippen LogP contribution in [0, 0.1) is 29.1 Å². The molecule has 0 atom stereocenters. The molecule has 1 heterocycles. The van der Waals surface area contributed by atoms with Crippen molar-refractivity contribution >= 4 is 0 Å². The molecule has 262 valence electrons. The average Bonchev–Trinajstić information content (AvgIpc) is 3.01. The number of halogens is 10. The molecule has 5 nitrogen and oxygen atoms in total. The first-order valence-corrected chi connectivity index (χ1v) is 14.7. The standard InChI is InChI=1S/C34H26F10O5/c1-2-3-10-45-22-16-46-32(47-17-22)19-4-7-24(25(35)12-19)20-13-28(38)31(29(39)14-20)33(40,41)48-21-6-8-23(26(36)15-21)18-5-9-30(27(37)11-18)49-34(42,43)44/h4-9,11-15,22,32H,2-3,10,16-17H2,1H3. The Morgan fingerprint density at radius 1 is 0.673 bits per heavy atom. The highest BCUT2D eigenvalue weighted by atomic mass is 19.4. The quantitative estimate of drug-likeness (QED) is 0.115. The Morgan fingerprint density at radius 2 is 1.29 bits per heavy atom. The van der Waals surface area contributed by atoms with E-state index < -0.39 is 76.0 Å². The average molecular weight is 705 g/mol. The molecule has 0 aliphatic carbocycles. The normalized spacial score (nSPS) is 16.9. The molecule has 1 aliphatic heterocycles. The summed E-state index contributed by atoms with van der Waals surface area (Å²) in [5.41, 5.74) is -3.02. The van der Waals surface area contributed by atoms with Gasteiger partial charge in [0.25, 0.3) is 0 Å². The van der Waals surface area contributed by atoms with Crippen molar-refractivity contribution in [1.82, 2.24) is 0 Å². The van der Waals surface area contributed by atoms with E-state index in [9.17, 15) is 22.0 Å². The lowest BCUT2D eigenvalue weighted by molar-refractivity contribution is -0.275. The summed E-state index contributed by atoms with van der Waals surface area (Å²) >= 11 is 0. The zero-order valence-corrected chi connectivity index (χ0v) is 25.4. The van der Waals surface area contributed by atoms with Crippen LogP contribution in [0.5, 0.6) is 11.5 Å². The molecule has 0 amide bonds. The van der Waals surface area contributed by atoms with Gasteiger partial charge in [-0.3, -0.25) is 0 Å². The fraction of sp³-hybridized carbons (Fsp3) is 0.294. The van der Waals surface area contributed by atoms with Gasteiger partial charge in [0.2, 0.25) is 0 Å². The molecular formula is C34H26F10O5. The van der Waals surface area contributed by atoms with Crippen LogP contribution >= 0.6 is 0 Å². The molecule has 4 aromatic rings. The van der Waals surface area contributed by atoms with Gasteiger partial charge in [0.15, 0.2) is 17.9 Å². The van der Waals surface area contributed by atoms with E-state index in [0.29, 0.717) is 36.9 Å².